The van der Waals surface area contributed by atoms with Gasteiger partial charge in [0.05, 0.1) is 0 Å². The van der Waals surface area contributed by atoms with Crippen LogP contribution in [0, 0.1) is 0 Å². The Morgan fingerprint density at radius 2 is 2.15 bits per heavy atom. The average molecular weight is 220 g/mol. The van der Waals surface area contributed by atoms with Gasteiger partial charge in [-0.2, -0.15) is 0 Å². The minimum absolute atomic E-state index is 0.167. The fourth-order valence-corrected chi connectivity index (χ4v) is 2.17. The molecule has 2 nitrogen and oxygen atoms in total. The van der Waals surface area contributed by atoms with E-state index in [0.29, 0.717) is 12.0 Å². The average Bonchev–Trinajstić information content (AvgIpc) is 2.22. The summed E-state index contributed by atoms with van der Waals surface area (Å²) in [4.78, 5) is 0. The lowest BCUT2D eigenvalue weighted by atomic mass is 9.86. The standard InChI is InChI=1S/C9H10Cl2N2/c1-5-3-2-4-6-7(5)9(11)13-12-8(6)10/h5H,2-4H2,1H3/i1D3. The third-order valence-electron chi connectivity index (χ3n) is 2.29. The minimum Gasteiger partial charge on any atom is -0.137 e. The van der Waals surface area contributed by atoms with Gasteiger partial charge >= 0.3 is 0 Å². The van der Waals surface area contributed by atoms with Crippen LogP contribution in [-0.2, 0) is 6.42 Å². The first-order valence-electron chi connectivity index (χ1n) is 5.61. The number of rotatable bonds is 0. The van der Waals surface area contributed by atoms with Crippen molar-refractivity contribution in [2.45, 2.75) is 32.0 Å². The van der Waals surface area contributed by atoms with Crippen LogP contribution in [0.3, 0.4) is 0 Å². The maximum absolute atomic E-state index is 7.51. The predicted molar refractivity (Wildman–Crippen MR) is 53.4 cm³/mol. The zero-order chi connectivity index (χ0) is 11.9. The van der Waals surface area contributed by atoms with E-state index in [2.05, 4.69) is 10.2 Å². The van der Waals surface area contributed by atoms with E-state index in [4.69, 9.17) is 27.3 Å². The Balaban J connectivity index is 2.58. The summed E-state index contributed by atoms with van der Waals surface area (Å²) in [6.07, 6.45) is 2.10. The van der Waals surface area contributed by atoms with Crippen molar-refractivity contribution in [3.8, 4) is 0 Å². The highest BCUT2D eigenvalue weighted by Gasteiger charge is 2.23. The number of fused-ring (bicyclic) bond motifs is 1. The summed E-state index contributed by atoms with van der Waals surface area (Å²) in [6.45, 7) is -2.06. The second kappa shape index (κ2) is 3.43. The Bertz CT molecular complexity index is 420. The molecule has 1 aromatic heterocycles. The number of halogens is 2. The monoisotopic (exact) mass is 219 g/mol. The molecular formula is C9H10Cl2N2. The van der Waals surface area contributed by atoms with Gasteiger partial charge in [-0.15, -0.1) is 10.2 Å². The van der Waals surface area contributed by atoms with Crippen LogP contribution in [-0.4, -0.2) is 10.2 Å². The van der Waals surface area contributed by atoms with Gasteiger partial charge in [-0.3, -0.25) is 0 Å². The molecule has 4 heteroatoms. The lowest BCUT2D eigenvalue weighted by Gasteiger charge is -2.22. The molecule has 0 fully saturated rings. The Labute approximate surface area is 91.5 Å². The van der Waals surface area contributed by atoms with Crippen LogP contribution in [0.25, 0.3) is 0 Å². The van der Waals surface area contributed by atoms with Crippen LogP contribution in [0.15, 0.2) is 0 Å². The second-order valence-electron chi connectivity index (χ2n) is 3.12. The maximum atomic E-state index is 7.51. The summed E-state index contributed by atoms with van der Waals surface area (Å²) in [6, 6.07) is 0. The minimum atomic E-state index is -2.06. The van der Waals surface area contributed by atoms with Crippen molar-refractivity contribution >= 4 is 23.2 Å². The van der Waals surface area contributed by atoms with Gasteiger partial charge in [0, 0.05) is 9.68 Å². The molecule has 70 valence electrons. The van der Waals surface area contributed by atoms with Crippen LogP contribution >= 0.6 is 23.2 Å². The Morgan fingerprint density at radius 3 is 2.92 bits per heavy atom. The van der Waals surface area contributed by atoms with Gasteiger partial charge in [-0.05, 0) is 30.7 Å². The van der Waals surface area contributed by atoms with Crippen molar-refractivity contribution in [1.82, 2.24) is 10.2 Å². The normalized spacial score (nSPS) is 25.7. The molecule has 2 rings (SSSR count). The molecule has 1 aliphatic carbocycles. The number of nitrogens with zero attached hydrogens (tertiary/aromatic N) is 2. The summed E-state index contributed by atoms with van der Waals surface area (Å²) >= 11 is 11.8. The summed E-state index contributed by atoms with van der Waals surface area (Å²) in [5.41, 5.74) is 1.31. The molecule has 1 atom stereocenters. The zero-order valence-corrected chi connectivity index (χ0v) is 8.36. The second-order valence-corrected chi connectivity index (χ2v) is 3.83. The highest BCUT2D eigenvalue weighted by molar-refractivity contribution is 6.32. The summed E-state index contributed by atoms with van der Waals surface area (Å²) in [7, 11) is 0. The van der Waals surface area contributed by atoms with Crippen LogP contribution in [0.1, 0.15) is 40.9 Å². The van der Waals surface area contributed by atoms with E-state index in [1.165, 1.54) is 0 Å². The predicted octanol–water partition coefficient (Wildman–Crippen LogP) is 3.22. The van der Waals surface area contributed by atoms with Gasteiger partial charge in [-0.25, -0.2) is 0 Å². The van der Waals surface area contributed by atoms with E-state index < -0.39 is 12.8 Å². The van der Waals surface area contributed by atoms with Crippen molar-refractivity contribution in [2.24, 2.45) is 0 Å². The molecule has 0 saturated heterocycles. The van der Waals surface area contributed by atoms with Gasteiger partial charge < -0.3 is 0 Å². The molecule has 0 radical (unpaired) electrons. The number of hydrogen-bond donors (Lipinski definition) is 0. The first-order chi connectivity index (χ1) is 7.41. The lowest BCUT2D eigenvalue weighted by molar-refractivity contribution is 0.583. The van der Waals surface area contributed by atoms with E-state index in [1.807, 2.05) is 0 Å². The molecule has 0 aromatic carbocycles. The molecule has 1 heterocycles. The van der Waals surface area contributed by atoms with Crippen molar-refractivity contribution in [2.75, 3.05) is 0 Å². The molecule has 1 unspecified atom stereocenters. The summed E-state index contributed by atoms with van der Waals surface area (Å²) < 4.78 is 22.5. The molecule has 1 aromatic rings. The molecule has 0 saturated carbocycles. The van der Waals surface area contributed by atoms with Gasteiger partial charge in [0.25, 0.3) is 0 Å². The van der Waals surface area contributed by atoms with Crippen molar-refractivity contribution in [3.05, 3.63) is 21.4 Å². The lowest BCUT2D eigenvalue weighted by Crippen LogP contribution is -2.10. The summed E-state index contributed by atoms with van der Waals surface area (Å²) in [5.74, 6) is -0.572. The molecule has 13 heavy (non-hydrogen) atoms. The SMILES string of the molecule is [2H]C([2H])([2H])C1CCCc2c(Cl)nnc(Cl)c21. The third-order valence-corrected chi connectivity index (χ3v) is 2.87. The third kappa shape index (κ3) is 1.53. The smallest absolute Gasteiger partial charge is 0.137 e. The summed E-state index contributed by atoms with van der Waals surface area (Å²) in [5, 5.41) is 7.84. The Kier molecular flexibility index (Phi) is 1.64. The number of aromatic nitrogens is 2. The number of hydrogen-bond acceptors (Lipinski definition) is 2. The van der Waals surface area contributed by atoms with Crippen LogP contribution in [0.4, 0.5) is 0 Å². The van der Waals surface area contributed by atoms with Crippen molar-refractivity contribution in [3.63, 3.8) is 0 Å². The van der Waals surface area contributed by atoms with E-state index in [0.717, 1.165) is 18.4 Å². The van der Waals surface area contributed by atoms with E-state index in [9.17, 15) is 0 Å². The molecule has 0 amide bonds. The van der Waals surface area contributed by atoms with E-state index in [1.54, 1.807) is 0 Å². The quantitative estimate of drug-likeness (QED) is 0.670. The van der Waals surface area contributed by atoms with Gasteiger partial charge in [-0.1, -0.05) is 30.1 Å². The van der Waals surface area contributed by atoms with Crippen LogP contribution in [0.2, 0.25) is 10.3 Å². The van der Waals surface area contributed by atoms with E-state index >= 15 is 0 Å². The molecule has 0 spiro atoms. The molecule has 0 aliphatic heterocycles. The Hall–Kier alpha value is -0.340. The highest BCUT2D eigenvalue weighted by Crippen LogP contribution is 2.37. The first-order valence-corrected chi connectivity index (χ1v) is 4.87. The largest absolute Gasteiger partial charge is 0.155 e. The Morgan fingerprint density at radius 1 is 1.38 bits per heavy atom. The van der Waals surface area contributed by atoms with Gasteiger partial charge in [0.1, 0.15) is 0 Å². The first kappa shape index (κ1) is 6.20. The molecule has 0 bridgehead atoms. The van der Waals surface area contributed by atoms with Crippen molar-refractivity contribution in [1.29, 1.82) is 0 Å². The molecular weight excluding hydrogens is 207 g/mol. The fraction of sp³-hybridized carbons (Fsp3) is 0.556. The highest BCUT2D eigenvalue weighted by atomic mass is 35.5. The molecule has 1 aliphatic rings. The fourth-order valence-electron chi connectivity index (χ4n) is 1.66. The van der Waals surface area contributed by atoms with Gasteiger partial charge in [0.15, 0.2) is 10.3 Å². The molecule has 0 N–H and O–H groups in total. The van der Waals surface area contributed by atoms with Crippen LogP contribution in [0.5, 0.6) is 0 Å². The van der Waals surface area contributed by atoms with Gasteiger partial charge in [0.2, 0.25) is 0 Å². The van der Waals surface area contributed by atoms with Crippen LogP contribution < -0.4 is 0 Å². The zero-order valence-electron chi connectivity index (χ0n) is 9.85. The van der Waals surface area contributed by atoms with Crippen molar-refractivity contribution < 1.29 is 4.11 Å². The van der Waals surface area contributed by atoms with E-state index in [-0.39, 0.29) is 10.3 Å². The maximum Gasteiger partial charge on any atom is 0.155 e. The topological polar surface area (TPSA) is 25.8 Å².